The minimum atomic E-state index is -0.389. The summed E-state index contributed by atoms with van der Waals surface area (Å²) in [6.45, 7) is 3.50. The third kappa shape index (κ3) is 4.68. The number of hydrogen-bond acceptors (Lipinski definition) is 7. The Morgan fingerprint density at radius 2 is 1.87 bits per heavy atom. The fourth-order valence-electron chi connectivity index (χ4n) is 4.99. The Balaban J connectivity index is 1.27. The molecule has 2 atom stereocenters. The molecule has 1 aliphatic carbocycles. The van der Waals surface area contributed by atoms with Crippen molar-refractivity contribution in [2.75, 3.05) is 10.2 Å². The molecule has 0 spiro atoms. The molecule has 0 bridgehead atoms. The lowest BCUT2D eigenvalue weighted by Crippen LogP contribution is -2.48. The Kier molecular flexibility index (Phi) is 6.41. The molecule has 4 heterocycles. The molecule has 6 rings (SSSR count). The van der Waals surface area contributed by atoms with E-state index in [-0.39, 0.29) is 29.9 Å². The van der Waals surface area contributed by atoms with Gasteiger partial charge in [-0.2, -0.15) is 0 Å². The summed E-state index contributed by atoms with van der Waals surface area (Å²) >= 11 is 1.22. The molecule has 3 aromatic heterocycles. The van der Waals surface area contributed by atoms with Gasteiger partial charge in [-0.1, -0.05) is 6.58 Å². The van der Waals surface area contributed by atoms with E-state index in [1.165, 1.54) is 17.4 Å². The Labute approximate surface area is 227 Å². The first-order chi connectivity index (χ1) is 19.0. The Morgan fingerprint density at radius 3 is 2.62 bits per heavy atom. The number of nitrogens with zero attached hydrogens (tertiary/aromatic N) is 3. The van der Waals surface area contributed by atoms with E-state index in [0.29, 0.717) is 43.7 Å². The molecule has 1 aliphatic heterocycles. The lowest BCUT2D eigenvalue weighted by atomic mass is 10.1. The summed E-state index contributed by atoms with van der Waals surface area (Å²) in [6.07, 6.45) is 8.55. The summed E-state index contributed by atoms with van der Waals surface area (Å²) in [5.74, 6) is 0.636. The fourth-order valence-corrected chi connectivity index (χ4v) is 6.01. The lowest BCUT2D eigenvalue weighted by Gasteiger charge is -2.28. The van der Waals surface area contributed by atoms with Crippen molar-refractivity contribution in [3.05, 3.63) is 78.6 Å². The van der Waals surface area contributed by atoms with Crippen LogP contribution in [0, 0.1) is 0 Å². The molecule has 10 nitrogen and oxygen atoms in total. The molecule has 0 radical (unpaired) electrons. The molecule has 2 aliphatic rings. The minimum absolute atomic E-state index is 0.172. The highest BCUT2D eigenvalue weighted by molar-refractivity contribution is 7.21. The Hall–Kier alpha value is -4.77. The van der Waals surface area contributed by atoms with Crippen molar-refractivity contribution in [2.45, 2.75) is 31.3 Å². The highest BCUT2D eigenvalue weighted by Gasteiger charge is 2.35. The van der Waals surface area contributed by atoms with Gasteiger partial charge in [0, 0.05) is 24.5 Å². The molecule has 1 fully saturated rings. The number of nitrogens with one attached hydrogen (secondary N) is 3. The Bertz CT molecular complexity index is 1590. The van der Waals surface area contributed by atoms with Crippen molar-refractivity contribution in [3.63, 3.8) is 0 Å². The highest BCUT2D eigenvalue weighted by Crippen LogP contribution is 2.46. The van der Waals surface area contributed by atoms with Crippen LogP contribution >= 0.6 is 11.3 Å². The average Bonchev–Trinajstić information content (AvgIpc) is 3.54. The van der Waals surface area contributed by atoms with Crippen LogP contribution in [-0.4, -0.2) is 39.9 Å². The third-order valence-corrected chi connectivity index (χ3v) is 7.86. The molecule has 0 saturated heterocycles. The molecular formula is C28H24N6O4S. The monoisotopic (exact) mass is 540 g/mol. The topological polar surface area (TPSA) is 126 Å². The smallest absolute Gasteiger partial charge is 0.331 e. The van der Waals surface area contributed by atoms with Crippen LogP contribution in [0.15, 0.2) is 73.7 Å². The van der Waals surface area contributed by atoms with Gasteiger partial charge in [0.25, 0.3) is 5.91 Å². The summed E-state index contributed by atoms with van der Waals surface area (Å²) in [5, 5.41) is 9.55. The first kappa shape index (κ1) is 24.6. The maximum Gasteiger partial charge on any atom is 0.331 e. The summed E-state index contributed by atoms with van der Waals surface area (Å²) in [7, 11) is 0. The largest absolute Gasteiger partial charge is 0.456 e. The van der Waals surface area contributed by atoms with E-state index < -0.39 is 0 Å². The number of hydrogen-bond donors (Lipinski definition) is 3. The van der Waals surface area contributed by atoms with Gasteiger partial charge in [-0.3, -0.25) is 19.5 Å². The highest BCUT2D eigenvalue weighted by atomic mass is 32.1. The number of thiophene rings is 1. The van der Waals surface area contributed by atoms with Gasteiger partial charge in [0.05, 0.1) is 28.6 Å². The lowest BCUT2D eigenvalue weighted by molar-refractivity contribution is -0.117. The van der Waals surface area contributed by atoms with Crippen molar-refractivity contribution in [3.8, 4) is 11.5 Å². The second kappa shape index (κ2) is 10.2. The van der Waals surface area contributed by atoms with Crippen LogP contribution in [0.3, 0.4) is 0 Å². The minimum Gasteiger partial charge on any atom is -0.456 e. The van der Waals surface area contributed by atoms with E-state index in [1.807, 2.05) is 6.07 Å². The molecule has 3 N–H and O–H groups in total. The van der Waals surface area contributed by atoms with Crippen LogP contribution in [0.5, 0.6) is 11.5 Å². The van der Waals surface area contributed by atoms with Crippen LogP contribution in [0.2, 0.25) is 0 Å². The molecule has 4 aromatic rings. The van der Waals surface area contributed by atoms with Crippen molar-refractivity contribution in [2.24, 2.45) is 0 Å². The number of carbonyl (C=O) groups is 3. The number of amides is 4. The van der Waals surface area contributed by atoms with E-state index in [9.17, 15) is 14.4 Å². The number of aromatic nitrogens is 2. The zero-order chi connectivity index (χ0) is 26.9. The fraction of sp³-hybridized carbons (Fsp3) is 0.179. The second-order valence-electron chi connectivity index (χ2n) is 9.20. The number of anilines is 3. The standard InChI is InChI=1S/C28H24N6O4S/c1-2-22(35)31-19-6-3-7-20(19)32-26(36)25-24-23-21(12-14-30-27(23)39-25)34(28(37)33-24)16-8-10-17(11-9-16)38-18-5-4-13-29-15-18/h2,4-5,8-15,19-20H,1,3,6-7H2,(H,31,35)(H,32,36)(H,33,37). The van der Waals surface area contributed by atoms with Gasteiger partial charge in [0.1, 0.15) is 21.2 Å². The predicted molar refractivity (Wildman–Crippen MR) is 149 cm³/mol. The molecule has 1 saturated carbocycles. The summed E-state index contributed by atoms with van der Waals surface area (Å²) in [4.78, 5) is 49.6. The number of urea groups is 1. The van der Waals surface area contributed by atoms with Gasteiger partial charge in [-0.25, -0.2) is 9.78 Å². The van der Waals surface area contributed by atoms with E-state index in [0.717, 1.165) is 19.3 Å². The van der Waals surface area contributed by atoms with Gasteiger partial charge in [-0.15, -0.1) is 11.3 Å². The number of benzene rings is 1. The zero-order valence-corrected chi connectivity index (χ0v) is 21.5. The third-order valence-electron chi connectivity index (χ3n) is 6.76. The Morgan fingerprint density at radius 1 is 1.08 bits per heavy atom. The maximum absolute atomic E-state index is 13.4. The van der Waals surface area contributed by atoms with Gasteiger partial charge in [0.2, 0.25) is 5.91 Å². The van der Waals surface area contributed by atoms with Gasteiger partial charge in [0.15, 0.2) is 0 Å². The van der Waals surface area contributed by atoms with Crippen LogP contribution < -0.4 is 25.6 Å². The molecule has 4 amide bonds. The van der Waals surface area contributed by atoms with E-state index in [4.69, 9.17) is 4.74 Å². The molecule has 1 aromatic carbocycles. The van der Waals surface area contributed by atoms with Crippen LogP contribution in [0.25, 0.3) is 10.2 Å². The van der Waals surface area contributed by atoms with E-state index in [1.54, 1.807) is 59.9 Å². The van der Waals surface area contributed by atoms with Crippen molar-refractivity contribution in [1.29, 1.82) is 0 Å². The van der Waals surface area contributed by atoms with Crippen LogP contribution in [-0.2, 0) is 4.79 Å². The normalized spacial score (nSPS) is 17.9. The quantitative estimate of drug-likeness (QED) is 0.280. The first-order valence-corrected chi connectivity index (χ1v) is 13.3. The molecule has 196 valence electrons. The molecular weight excluding hydrogens is 516 g/mol. The van der Waals surface area contributed by atoms with Crippen molar-refractivity contribution in [1.82, 2.24) is 20.6 Å². The maximum atomic E-state index is 13.4. The van der Waals surface area contributed by atoms with Crippen LogP contribution in [0.1, 0.15) is 28.9 Å². The summed E-state index contributed by atoms with van der Waals surface area (Å²) in [5.41, 5.74) is 1.71. The van der Waals surface area contributed by atoms with E-state index >= 15 is 0 Å². The summed E-state index contributed by atoms with van der Waals surface area (Å²) in [6, 6.07) is 11.7. The van der Waals surface area contributed by atoms with Gasteiger partial charge < -0.3 is 20.7 Å². The molecule has 11 heteroatoms. The second-order valence-corrected chi connectivity index (χ2v) is 10.2. The summed E-state index contributed by atoms with van der Waals surface area (Å²) < 4.78 is 5.82. The average molecular weight is 541 g/mol. The number of carbonyl (C=O) groups excluding carboxylic acids is 3. The van der Waals surface area contributed by atoms with Gasteiger partial charge >= 0.3 is 6.03 Å². The molecule has 39 heavy (non-hydrogen) atoms. The number of ether oxygens (including phenoxy) is 1. The van der Waals surface area contributed by atoms with Crippen molar-refractivity contribution < 1.29 is 19.1 Å². The number of rotatable bonds is 7. The van der Waals surface area contributed by atoms with Crippen LogP contribution in [0.4, 0.5) is 21.9 Å². The number of pyridine rings is 2. The first-order valence-electron chi connectivity index (χ1n) is 12.5. The van der Waals surface area contributed by atoms with Crippen molar-refractivity contribution >= 4 is 56.5 Å². The zero-order valence-electron chi connectivity index (χ0n) is 20.7. The molecule has 2 unspecified atom stereocenters. The SMILES string of the molecule is C=CC(=O)NC1CCCC1NC(=O)c1sc2nccc3c2c1NC(=O)N3c1ccc(Oc2cccnc2)cc1. The van der Waals surface area contributed by atoms with E-state index in [2.05, 4.69) is 32.5 Å². The van der Waals surface area contributed by atoms with Gasteiger partial charge in [-0.05, 0) is 67.8 Å². The predicted octanol–water partition coefficient (Wildman–Crippen LogP) is 5.12.